The summed E-state index contributed by atoms with van der Waals surface area (Å²) < 4.78 is 15.2. The summed E-state index contributed by atoms with van der Waals surface area (Å²) in [6.07, 6.45) is 10.1. The average molecular weight is 442 g/mol. The number of hydrogen-bond acceptors (Lipinski definition) is 7. The van der Waals surface area contributed by atoms with Crippen molar-refractivity contribution in [2.24, 2.45) is 0 Å². The number of rotatable bonds is 6. The van der Waals surface area contributed by atoms with E-state index in [1.54, 1.807) is 11.6 Å². The average Bonchev–Trinajstić information content (AvgIpc) is 3.42. The summed E-state index contributed by atoms with van der Waals surface area (Å²) in [5, 5.41) is 23.7. The molecular formula is C22H28FN7O2. The highest BCUT2D eigenvalue weighted by molar-refractivity contribution is 6.00. The highest BCUT2D eigenvalue weighted by atomic mass is 19.1. The molecule has 0 aromatic carbocycles. The van der Waals surface area contributed by atoms with Gasteiger partial charge in [-0.1, -0.05) is 0 Å². The molecule has 3 heterocycles. The molecule has 0 bridgehead atoms. The lowest BCUT2D eigenvalue weighted by molar-refractivity contribution is 0.0826. The molecule has 2 aliphatic carbocycles. The Hall–Kier alpha value is -3.14. The molecule has 4 N–H and O–H groups in total. The SMILES string of the molecule is CNc1cc(NC2=CC=CN([C@@H]3CCC[C@@H]3O)C2)nc2c(C(=O)NC3CC[C@@H]3F)cnn12. The number of anilines is 2. The van der Waals surface area contributed by atoms with Crippen LogP contribution in [0.1, 0.15) is 42.5 Å². The number of fused-ring (bicyclic) bond motifs is 1. The van der Waals surface area contributed by atoms with Gasteiger partial charge in [0.15, 0.2) is 5.65 Å². The Balaban J connectivity index is 1.37. The number of halogens is 1. The largest absolute Gasteiger partial charge is 0.391 e. The number of aromatic nitrogens is 3. The van der Waals surface area contributed by atoms with Crippen LogP contribution in [0.5, 0.6) is 0 Å². The number of carbonyl (C=O) groups is 1. The highest BCUT2D eigenvalue weighted by Crippen LogP contribution is 2.28. The van der Waals surface area contributed by atoms with Crippen LogP contribution in [0.4, 0.5) is 16.0 Å². The van der Waals surface area contributed by atoms with E-state index in [9.17, 15) is 14.3 Å². The van der Waals surface area contributed by atoms with Gasteiger partial charge in [-0.3, -0.25) is 4.79 Å². The molecule has 2 aromatic heterocycles. The Labute approximate surface area is 185 Å². The van der Waals surface area contributed by atoms with Crippen molar-refractivity contribution in [3.05, 3.63) is 41.9 Å². The molecule has 1 amide bonds. The van der Waals surface area contributed by atoms with E-state index in [1.807, 2.05) is 24.4 Å². The minimum Gasteiger partial charge on any atom is -0.391 e. The van der Waals surface area contributed by atoms with Crippen molar-refractivity contribution in [1.29, 1.82) is 0 Å². The molecule has 10 heteroatoms. The van der Waals surface area contributed by atoms with Crippen LogP contribution < -0.4 is 16.0 Å². The minimum absolute atomic E-state index is 0.121. The summed E-state index contributed by atoms with van der Waals surface area (Å²) >= 11 is 0. The molecule has 2 saturated carbocycles. The van der Waals surface area contributed by atoms with Crippen LogP contribution in [0.25, 0.3) is 5.65 Å². The normalized spacial score (nSPS) is 27.2. The zero-order valence-corrected chi connectivity index (χ0v) is 18.0. The van der Waals surface area contributed by atoms with Gasteiger partial charge in [0, 0.05) is 18.8 Å². The summed E-state index contributed by atoms with van der Waals surface area (Å²) in [5.41, 5.74) is 1.63. The number of aliphatic hydroxyl groups excluding tert-OH is 1. The first-order valence-corrected chi connectivity index (χ1v) is 11.1. The van der Waals surface area contributed by atoms with E-state index >= 15 is 0 Å². The lowest BCUT2D eigenvalue weighted by Gasteiger charge is -2.32. The molecule has 3 aliphatic rings. The molecule has 1 aliphatic heterocycles. The second-order valence-electron chi connectivity index (χ2n) is 8.64. The monoisotopic (exact) mass is 441 g/mol. The minimum atomic E-state index is -0.994. The predicted molar refractivity (Wildman–Crippen MR) is 119 cm³/mol. The molecule has 1 unspecified atom stereocenters. The number of carbonyl (C=O) groups excluding carboxylic acids is 1. The van der Waals surface area contributed by atoms with Crippen LogP contribution in [-0.2, 0) is 0 Å². The Morgan fingerprint density at radius 2 is 2.16 bits per heavy atom. The maximum Gasteiger partial charge on any atom is 0.257 e. The van der Waals surface area contributed by atoms with Gasteiger partial charge in [-0.05, 0) is 50.5 Å². The van der Waals surface area contributed by atoms with Crippen LogP contribution >= 0.6 is 0 Å². The summed E-state index contributed by atoms with van der Waals surface area (Å²) in [7, 11) is 1.77. The Morgan fingerprint density at radius 3 is 2.84 bits per heavy atom. The zero-order valence-electron chi connectivity index (χ0n) is 18.0. The number of amides is 1. The van der Waals surface area contributed by atoms with Gasteiger partial charge in [0.05, 0.1) is 30.9 Å². The van der Waals surface area contributed by atoms with Crippen LogP contribution in [0.2, 0.25) is 0 Å². The third kappa shape index (κ3) is 3.79. The van der Waals surface area contributed by atoms with Crippen LogP contribution in [-0.4, -0.2) is 68.5 Å². The number of nitrogens with zero attached hydrogens (tertiary/aromatic N) is 4. The van der Waals surface area contributed by atoms with Gasteiger partial charge in [0.2, 0.25) is 0 Å². The van der Waals surface area contributed by atoms with E-state index in [4.69, 9.17) is 0 Å². The number of aliphatic hydroxyl groups is 1. The summed E-state index contributed by atoms with van der Waals surface area (Å²) in [6, 6.07) is 1.49. The fraction of sp³-hybridized carbons (Fsp3) is 0.500. The van der Waals surface area contributed by atoms with Gasteiger partial charge < -0.3 is 26.0 Å². The molecule has 2 fully saturated rings. The quantitative estimate of drug-likeness (QED) is 0.544. The first-order valence-electron chi connectivity index (χ1n) is 11.1. The van der Waals surface area contributed by atoms with Crippen molar-refractivity contribution >= 4 is 23.2 Å². The molecule has 170 valence electrons. The van der Waals surface area contributed by atoms with Gasteiger partial charge in [-0.15, -0.1) is 0 Å². The highest BCUT2D eigenvalue weighted by Gasteiger charge is 2.33. The maximum absolute atomic E-state index is 13.6. The van der Waals surface area contributed by atoms with Crippen LogP contribution in [0.3, 0.4) is 0 Å². The lowest BCUT2D eigenvalue weighted by atomic mass is 9.90. The molecule has 0 radical (unpaired) electrons. The van der Waals surface area contributed by atoms with Crippen molar-refractivity contribution in [1.82, 2.24) is 24.8 Å². The Kier molecular flexibility index (Phi) is 5.46. The zero-order chi connectivity index (χ0) is 22.2. The first-order chi connectivity index (χ1) is 15.5. The van der Waals surface area contributed by atoms with E-state index in [0.717, 1.165) is 25.0 Å². The van der Waals surface area contributed by atoms with Crippen molar-refractivity contribution < 1.29 is 14.3 Å². The molecule has 32 heavy (non-hydrogen) atoms. The predicted octanol–water partition coefficient (Wildman–Crippen LogP) is 2.04. The maximum atomic E-state index is 13.6. The van der Waals surface area contributed by atoms with Crippen molar-refractivity contribution in [2.75, 3.05) is 24.2 Å². The van der Waals surface area contributed by atoms with E-state index in [1.165, 1.54) is 6.20 Å². The van der Waals surface area contributed by atoms with Gasteiger partial charge in [0.25, 0.3) is 5.91 Å². The molecular weight excluding hydrogens is 413 g/mol. The van der Waals surface area contributed by atoms with Crippen molar-refractivity contribution in [3.63, 3.8) is 0 Å². The Bertz CT molecular complexity index is 1080. The standard InChI is InChI=1S/C22H28FN7O2/c1-24-20-10-19(26-13-4-3-9-29(12-13)17-5-2-6-18(17)31)28-21-14(11-25-30(20)21)22(32)27-16-8-7-15(16)23/h3-4,9-11,15-18,24,31H,2,5-8,12H2,1H3,(H,26,28)(H,27,32)/t15-,16?,17+,18-/m0/s1. The second kappa shape index (κ2) is 8.42. The number of hydrogen-bond donors (Lipinski definition) is 4. The summed E-state index contributed by atoms with van der Waals surface area (Å²) in [6.45, 7) is 0.631. The first kappa shape index (κ1) is 20.7. The number of nitrogens with one attached hydrogen (secondary N) is 3. The third-order valence-electron chi connectivity index (χ3n) is 6.57. The smallest absolute Gasteiger partial charge is 0.257 e. The van der Waals surface area contributed by atoms with Gasteiger partial charge in [-0.2, -0.15) is 9.61 Å². The fourth-order valence-electron chi connectivity index (χ4n) is 4.59. The molecule has 0 spiro atoms. The van der Waals surface area contributed by atoms with E-state index in [2.05, 4.69) is 30.9 Å². The van der Waals surface area contributed by atoms with Crippen LogP contribution in [0.15, 0.2) is 36.3 Å². The summed E-state index contributed by atoms with van der Waals surface area (Å²) in [4.78, 5) is 19.5. The number of allylic oxidation sites excluding steroid dienone is 2. The van der Waals surface area contributed by atoms with E-state index < -0.39 is 12.2 Å². The van der Waals surface area contributed by atoms with E-state index in [-0.39, 0.29) is 18.1 Å². The molecule has 2 aromatic rings. The Morgan fingerprint density at radius 1 is 1.28 bits per heavy atom. The molecule has 5 rings (SSSR count). The van der Waals surface area contributed by atoms with Gasteiger partial charge in [-0.25, -0.2) is 9.37 Å². The van der Waals surface area contributed by atoms with Crippen molar-refractivity contribution in [2.45, 2.75) is 56.5 Å². The fourth-order valence-corrected chi connectivity index (χ4v) is 4.59. The summed E-state index contributed by atoms with van der Waals surface area (Å²) in [5.74, 6) is 0.857. The third-order valence-corrected chi connectivity index (χ3v) is 6.57. The molecule has 4 atom stereocenters. The molecule has 0 saturated heterocycles. The number of alkyl halides is 1. The van der Waals surface area contributed by atoms with Crippen molar-refractivity contribution in [3.8, 4) is 0 Å². The lowest BCUT2D eigenvalue weighted by Crippen LogP contribution is -2.48. The van der Waals surface area contributed by atoms with E-state index in [0.29, 0.717) is 42.2 Å². The second-order valence-corrected chi connectivity index (χ2v) is 8.64. The van der Waals surface area contributed by atoms with Gasteiger partial charge >= 0.3 is 0 Å². The van der Waals surface area contributed by atoms with Crippen LogP contribution in [0, 0.1) is 0 Å². The van der Waals surface area contributed by atoms with Gasteiger partial charge in [0.1, 0.15) is 23.4 Å². The topological polar surface area (TPSA) is 107 Å². The molecule has 9 nitrogen and oxygen atoms in total.